The van der Waals surface area contributed by atoms with Crippen molar-refractivity contribution in [3.63, 3.8) is 0 Å². The van der Waals surface area contributed by atoms with Crippen molar-refractivity contribution in [1.82, 2.24) is 14.9 Å². The molecule has 1 aliphatic heterocycles. The Balaban J connectivity index is 1.74. The van der Waals surface area contributed by atoms with Gasteiger partial charge in [-0.2, -0.15) is 0 Å². The number of rotatable bonds is 7. The summed E-state index contributed by atoms with van der Waals surface area (Å²) in [7, 11) is 0. The SMILES string of the molecule is CCCOc1cc(NCCC(=O)N2CCCC2)ncn1. The van der Waals surface area contributed by atoms with Crippen LogP contribution in [0.15, 0.2) is 12.4 Å². The van der Waals surface area contributed by atoms with Gasteiger partial charge in [0.2, 0.25) is 11.8 Å². The van der Waals surface area contributed by atoms with Crippen LogP contribution in [0.2, 0.25) is 0 Å². The van der Waals surface area contributed by atoms with Crippen molar-refractivity contribution in [1.29, 1.82) is 0 Å². The first-order chi connectivity index (χ1) is 9.79. The number of carbonyl (C=O) groups excluding carboxylic acids is 1. The van der Waals surface area contributed by atoms with Gasteiger partial charge >= 0.3 is 0 Å². The maximum absolute atomic E-state index is 11.9. The lowest BCUT2D eigenvalue weighted by atomic mass is 10.3. The molecule has 0 aliphatic carbocycles. The van der Waals surface area contributed by atoms with Gasteiger partial charge in [-0.15, -0.1) is 0 Å². The van der Waals surface area contributed by atoms with Crippen LogP contribution in [0.5, 0.6) is 5.88 Å². The van der Waals surface area contributed by atoms with Gasteiger partial charge in [0.15, 0.2) is 0 Å². The van der Waals surface area contributed by atoms with E-state index in [4.69, 9.17) is 4.74 Å². The van der Waals surface area contributed by atoms with Gasteiger partial charge < -0.3 is 15.0 Å². The first-order valence-electron chi connectivity index (χ1n) is 7.26. The molecular weight excluding hydrogens is 256 g/mol. The van der Waals surface area contributed by atoms with Gasteiger partial charge in [-0.25, -0.2) is 9.97 Å². The van der Waals surface area contributed by atoms with Gasteiger partial charge in [-0.05, 0) is 19.3 Å². The number of hydrogen-bond acceptors (Lipinski definition) is 5. The second-order valence-electron chi connectivity index (χ2n) is 4.85. The van der Waals surface area contributed by atoms with Gasteiger partial charge in [0.05, 0.1) is 6.61 Å². The van der Waals surface area contributed by atoms with Crippen molar-refractivity contribution in [3.8, 4) is 5.88 Å². The van der Waals surface area contributed by atoms with E-state index in [2.05, 4.69) is 15.3 Å². The molecule has 1 N–H and O–H groups in total. The highest BCUT2D eigenvalue weighted by Crippen LogP contribution is 2.12. The van der Waals surface area contributed by atoms with Crippen LogP contribution in [-0.4, -0.2) is 47.0 Å². The van der Waals surface area contributed by atoms with Crippen LogP contribution in [-0.2, 0) is 4.79 Å². The molecule has 1 fully saturated rings. The fourth-order valence-electron chi connectivity index (χ4n) is 2.14. The van der Waals surface area contributed by atoms with Crippen molar-refractivity contribution in [2.24, 2.45) is 0 Å². The third kappa shape index (κ3) is 4.36. The molecule has 1 amide bonds. The molecule has 0 atom stereocenters. The zero-order chi connectivity index (χ0) is 14.2. The number of likely N-dealkylation sites (tertiary alicyclic amines) is 1. The second-order valence-corrected chi connectivity index (χ2v) is 4.85. The Morgan fingerprint density at radius 1 is 1.40 bits per heavy atom. The van der Waals surface area contributed by atoms with Crippen molar-refractivity contribution in [2.75, 3.05) is 31.6 Å². The summed E-state index contributed by atoms with van der Waals surface area (Å²) in [4.78, 5) is 21.9. The fourth-order valence-corrected chi connectivity index (χ4v) is 2.14. The molecule has 2 rings (SSSR count). The molecule has 0 aromatic carbocycles. The summed E-state index contributed by atoms with van der Waals surface area (Å²) in [6.07, 6.45) is 5.16. The van der Waals surface area contributed by atoms with E-state index in [9.17, 15) is 4.79 Å². The molecule has 0 unspecified atom stereocenters. The largest absolute Gasteiger partial charge is 0.478 e. The first-order valence-corrected chi connectivity index (χ1v) is 7.26. The quantitative estimate of drug-likeness (QED) is 0.822. The number of anilines is 1. The lowest BCUT2D eigenvalue weighted by molar-refractivity contribution is -0.129. The minimum absolute atomic E-state index is 0.214. The fraction of sp³-hybridized carbons (Fsp3) is 0.643. The minimum atomic E-state index is 0.214. The molecule has 0 bridgehead atoms. The van der Waals surface area contributed by atoms with Crippen molar-refractivity contribution in [2.45, 2.75) is 32.6 Å². The van der Waals surface area contributed by atoms with Crippen molar-refractivity contribution in [3.05, 3.63) is 12.4 Å². The number of nitrogens with one attached hydrogen (secondary N) is 1. The second kappa shape index (κ2) is 7.67. The third-order valence-corrected chi connectivity index (χ3v) is 3.20. The van der Waals surface area contributed by atoms with E-state index in [1.165, 1.54) is 6.33 Å². The third-order valence-electron chi connectivity index (χ3n) is 3.20. The number of hydrogen-bond donors (Lipinski definition) is 1. The molecule has 2 heterocycles. The zero-order valence-corrected chi connectivity index (χ0v) is 12.0. The van der Waals surface area contributed by atoms with Crippen LogP contribution in [0.25, 0.3) is 0 Å². The van der Waals surface area contributed by atoms with E-state index in [-0.39, 0.29) is 5.91 Å². The monoisotopic (exact) mass is 278 g/mol. The molecule has 110 valence electrons. The van der Waals surface area contributed by atoms with Crippen LogP contribution in [0, 0.1) is 0 Å². The normalized spacial score (nSPS) is 14.3. The Labute approximate surface area is 119 Å². The lowest BCUT2D eigenvalue weighted by Gasteiger charge is -2.15. The summed E-state index contributed by atoms with van der Waals surface area (Å²) in [5.74, 6) is 1.47. The molecule has 0 spiro atoms. The Kier molecular flexibility index (Phi) is 5.58. The summed E-state index contributed by atoms with van der Waals surface area (Å²) in [6, 6.07) is 1.76. The van der Waals surface area contributed by atoms with Gasteiger partial charge in [0.1, 0.15) is 12.1 Å². The van der Waals surface area contributed by atoms with Crippen LogP contribution in [0.1, 0.15) is 32.6 Å². The van der Waals surface area contributed by atoms with Gasteiger partial charge in [-0.1, -0.05) is 6.92 Å². The van der Waals surface area contributed by atoms with E-state index < -0.39 is 0 Å². The average molecular weight is 278 g/mol. The number of nitrogens with zero attached hydrogens (tertiary/aromatic N) is 3. The predicted molar refractivity (Wildman–Crippen MR) is 76.7 cm³/mol. The van der Waals surface area contributed by atoms with E-state index in [0.29, 0.717) is 31.3 Å². The Morgan fingerprint density at radius 3 is 2.95 bits per heavy atom. The predicted octanol–water partition coefficient (Wildman–Crippen LogP) is 1.69. The van der Waals surface area contributed by atoms with Crippen LogP contribution >= 0.6 is 0 Å². The summed E-state index contributed by atoms with van der Waals surface area (Å²) in [5.41, 5.74) is 0. The van der Waals surface area contributed by atoms with E-state index in [0.717, 1.165) is 32.4 Å². The van der Waals surface area contributed by atoms with Crippen LogP contribution in [0.3, 0.4) is 0 Å². The molecule has 1 aliphatic rings. The average Bonchev–Trinajstić information content (AvgIpc) is 3.00. The molecule has 0 radical (unpaired) electrons. The van der Waals surface area contributed by atoms with Gasteiger partial charge in [0, 0.05) is 32.1 Å². The number of aromatic nitrogens is 2. The molecule has 1 saturated heterocycles. The Morgan fingerprint density at radius 2 is 2.20 bits per heavy atom. The highest BCUT2D eigenvalue weighted by atomic mass is 16.5. The summed E-state index contributed by atoms with van der Waals surface area (Å²) in [5, 5.41) is 3.14. The Bertz CT molecular complexity index is 433. The van der Waals surface area contributed by atoms with Gasteiger partial charge in [0.25, 0.3) is 0 Å². The summed E-state index contributed by atoms with van der Waals surface area (Å²) >= 11 is 0. The number of amides is 1. The minimum Gasteiger partial charge on any atom is -0.478 e. The van der Waals surface area contributed by atoms with E-state index in [1.807, 2.05) is 11.8 Å². The topological polar surface area (TPSA) is 67.3 Å². The molecule has 6 nitrogen and oxygen atoms in total. The summed E-state index contributed by atoms with van der Waals surface area (Å²) in [6.45, 7) is 5.08. The standard InChI is InChI=1S/C14H22N4O2/c1-2-9-20-13-10-12(16-11-17-13)15-6-5-14(19)18-7-3-4-8-18/h10-11H,2-9H2,1H3,(H,15,16,17). The van der Waals surface area contributed by atoms with Crippen molar-refractivity contribution < 1.29 is 9.53 Å². The van der Waals surface area contributed by atoms with E-state index >= 15 is 0 Å². The molecule has 0 saturated carbocycles. The highest BCUT2D eigenvalue weighted by Gasteiger charge is 2.16. The maximum atomic E-state index is 11.9. The Hall–Kier alpha value is -1.85. The number of ether oxygens (including phenoxy) is 1. The molecule has 20 heavy (non-hydrogen) atoms. The van der Waals surface area contributed by atoms with Crippen LogP contribution < -0.4 is 10.1 Å². The molecule has 1 aromatic heterocycles. The number of carbonyl (C=O) groups is 1. The van der Waals surface area contributed by atoms with E-state index in [1.54, 1.807) is 6.07 Å². The first kappa shape index (κ1) is 14.6. The smallest absolute Gasteiger partial charge is 0.224 e. The highest BCUT2D eigenvalue weighted by molar-refractivity contribution is 5.76. The van der Waals surface area contributed by atoms with Gasteiger partial charge in [-0.3, -0.25) is 4.79 Å². The molecule has 6 heteroatoms. The molecular formula is C14H22N4O2. The zero-order valence-electron chi connectivity index (χ0n) is 12.0. The molecule has 1 aromatic rings. The lowest BCUT2D eigenvalue weighted by Crippen LogP contribution is -2.29. The maximum Gasteiger partial charge on any atom is 0.224 e. The summed E-state index contributed by atoms with van der Waals surface area (Å²) < 4.78 is 5.44. The van der Waals surface area contributed by atoms with Crippen molar-refractivity contribution >= 4 is 11.7 Å². The van der Waals surface area contributed by atoms with Crippen LogP contribution in [0.4, 0.5) is 5.82 Å².